The van der Waals surface area contributed by atoms with E-state index in [2.05, 4.69) is 77.0 Å². The third-order valence-corrected chi connectivity index (χ3v) is 6.92. The number of allylic oxidation sites excluding steroid dienone is 2. The van der Waals surface area contributed by atoms with Gasteiger partial charge in [0.2, 0.25) is 0 Å². The Kier molecular flexibility index (Phi) is 5.83. The lowest BCUT2D eigenvalue weighted by Crippen LogP contribution is -2.35. The molecule has 0 saturated carbocycles. The summed E-state index contributed by atoms with van der Waals surface area (Å²) in [6.45, 7) is 0. The van der Waals surface area contributed by atoms with Crippen molar-refractivity contribution in [3.05, 3.63) is 149 Å². The lowest BCUT2D eigenvalue weighted by molar-refractivity contribution is 0.555. The average molecular weight is 474 g/mol. The standard InChI is InChI=1S/C30H23N3OS/c1-3-11-22(12-4-1)21-25-28(27-17-10-20-35-27)29(26-16-9-19-34-26)32-30(24-15-7-8-18-31-24)33(25)23-13-5-2-6-14-23/h1-20,30H,21H2. The number of rotatable bonds is 6. The minimum atomic E-state index is -0.332. The highest BCUT2D eigenvalue weighted by Crippen LogP contribution is 2.42. The summed E-state index contributed by atoms with van der Waals surface area (Å²) < 4.78 is 5.93. The molecule has 1 unspecified atom stereocenters. The first-order chi connectivity index (χ1) is 17.4. The lowest BCUT2D eigenvalue weighted by atomic mass is 9.94. The molecule has 2 aromatic carbocycles. The zero-order chi connectivity index (χ0) is 23.5. The summed E-state index contributed by atoms with van der Waals surface area (Å²) in [6, 6.07) is 35.2. The van der Waals surface area contributed by atoms with Crippen molar-refractivity contribution in [2.24, 2.45) is 4.99 Å². The van der Waals surface area contributed by atoms with Gasteiger partial charge in [-0.05, 0) is 53.4 Å². The summed E-state index contributed by atoms with van der Waals surface area (Å²) in [4.78, 5) is 13.5. The van der Waals surface area contributed by atoms with Crippen molar-refractivity contribution in [1.29, 1.82) is 0 Å². The first kappa shape index (κ1) is 21.3. The van der Waals surface area contributed by atoms with Gasteiger partial charge < -0.3 is 9.32 Å². The molecule has 1 aliphatic rings. The third kappa shape index (κ3) is 4.22. The molecule has 0 spiro atoms. The fourth-order valence-corrected chi connectivity index (χ4v) is 5.30. The lowest BCUT2D eigenvalue weighted by Gasteiger charge is -2.38. The molecule has 1 atom stereocenters. The Morgan fingerprint density at radius 2 is 1.60 bits per heavy atom. The number of benzene rings is 2. The quantitative estimate of drug-likeness (QED) is 0.258. The van der Waals surface area contributed by atoms with Crippen LogP contribution in [0.3, 0.4) is 0 Å². The van der Waals surface area contributed by atoms with Gasteiger partial charge in [-0.1, -0.05) is 60.7 Å². The van der Waals surface area contributed by atoms with Gasteiger partial charge in [0.05, 0.1) is 12.0 Å². The number of furan rings is 1. The fraction of sp³-hybridized carbons (Fsp3) is 0.0667. The Bertz CT molecular complexity index is 1440. The Morgan fingerprint density at radius 3 is 2.29 bits per heavy atom. The van der Waals surface area contributed by atoms with Gasteiger partial charge in [-0.3, -0.25) is 4.98 Å². The number of nitrogens with zero attached hydrogens (tertiary/aromatic N) is 3. The number of pyridine rings is 1. The van der Waals surface area contributed by atoms with E-state index in [1.165, 1.54) is 11.3 Å². The molecule has 4 nitrogen and oxygen atoms in total. The van der Waals surface area contributed by atoms with Crippen molar-refractivity contribution in [3.63, 3.8) is 0 Å². The Morgan fingerprint density at radius 1 is 0.800 bits per heavy atom. The molecule has 1 aliphatic heterocycles. The number of hydrogen-bond acceptors (Lipinski definition) is 5. The molecule has 0 saturated heterocycles. The van der Waals surface area contributed by atoms with Crippen molar-refractivity contribution >= 4 is 28.3 Å². The molecular weight excluding hydrogens is 450 g/mol. The summed E-state index contributed by atoms with van der Waals surface area (Å²) in [5.74, 6) is 0.757. The van der Waals surface area contributed by atoms with Gasteiger partial charge in [0, 0.05) is 34.5 Å². The molecule has 170 valence electrons. The molecule has 6 rings (SSSR count). The van der Waals surface area contributed by atoms with Crippen LogP contribution < -0.4 is 4.90 Å². The maximum atomic E-state index is 5.93. The zero-order valence-corrected chi connectivity index (χ0v) is 19.8. The van der Waals surface area contributed by atoms with Crippen molar-refractivity contribution < 1.29 is 4.42 Å². The highest BCUT2D eigenvalue weighted by atomic mass is 32.1. The molecule has 5 aromatic rings. The summed E-state index contributed by atoms with van der Waals surface area (Å²) in [5, 5.41) is 2.11. The molecule has 5 heteroatoms. The Hall–Kier alpha value is -4.22. The second-order valence-corrected chi connectivity index (χ2v) is 9.20. The number of aliphatic imine (C=N–C) groups is 1. The summed E-state index contributed by atoms with van der Waals surface area (Å²) in [5.41, 5.74) is 6.31. The van der Waals surface area contributed by atoms with Gasteiger partial charge in [0.15, 0.2) is 11.9 Å². The Labute approximate surface area is 208 Å². The van der Waals surface area contributed by atoms with Gasteiger partial charge in [0.1, 0.15) is 5.71 Å². The van der Waals surface area contributed by atoms with E-state index in [0.717, 1.165) is 39.7 Å². The first-order valence-corrected chi connectivity index (χ1v) is 12.4. The van der Waals surface area contributed by atoms with Gasteiger partial charge in [-0.15, -0.1) is 11.3 Å². The van der Waals surface area contributed by atoms with Crippen LogP contribution in [0.5, 0.6) is 0 Å². The van der Waals surface area contributed by atoms with Gasteiger partial charge >= 0.3 is 0 Å². The van der Waals surface area contributed by atoms with E-state index in [9.17, 15) is 0 Å². The fourth-order valence-electron chi connectivity index (χ4n) is 4.50. The predicted molar refractivity (Wildman–Crippen MR) is 143 cm³/mol. The minimum Gasteiger partial charge on any atom is -0.463 e. The summed E-state index contributed by atoms with van der Waals surface area (Å²) in [7, 11) is 0. The molecule has 0 radical (unpaired) electrons. The van der Waals surface area contributed by atoms with Gasteiger partial charge in [-0.2, -0.15) is 0 Å². The second kappa shape index (κ2) is 9.57. The van der Waals surface area contributed by atoms with Crippen molar-refractivity contribution in [2.75, 3.05) is 4.90 Å². The minimum absolute atomic E-state index is 0.332. The third-order valence-electron chi connectivity index (χ3n) is 6.04. The van der Waals surface area contributed by atoms with Gasteiger partial charge in [-0.25, -0.2) is 4.99 Å². The van der Waals surface area contributed by atoms with E-state index in [4.69, 9.17) is 14.4 Å². The smallest absolute Gasteiger partial charge is 0.169 e. The molecular formula is C30H23N3OS. The number of para-hydroxylation sites is 1. The molecule has 35 heavy (non-hydrogen) atoms. The molecule has 0 bridgehead atoms. The number of anilines is 1. The molecule has 4 heterocycles. The average Bonchev–Trinajstić information content (AvgIpc) is 3.65. The second-order valence-electron chi connectivity index (χ2n) is 8.25. The van der Waals surface area contributed by atoms with Crippen LogP contribution in [0.1, 0.15) is 28.1 Å². The number of thiophene rings is 1. The topological polar surface area (TPSA) is 41.6 Å². The van der Waals surface area contributed by atoms with Crippen molar-refractivity contribution in [2.45, 2.75) is 12.6 Å². The van der Waals surface area contributed by atoms with Crippen LogP contribution in [-0.4, -0.2) is 10.7 Å². The molecule has 0 amide bonds. The zero-order valence-electron chi connectivity index (χ0n) is 19.0. The van der Waals surface area contributed by atoms with Crippen LogP contribution in [0, 0.1) is 0 Å². The van der Waals surface area contributed by atoms with E-state index >= 15 is 0 Å². The number of aromatic nitrogens is 1. The molecule has 3 aromatic heterocycles. The van der Waals surface area contributed by atoms with Crippen LogP contribution in [-0.2, 0) is 6.42 Å². The largest absolute Gasteiger partial charge is 0.463 e. The normalized spacial score (nSPS) is 15.8. The van der Waals surface area contributed by atoms with E-state index in [1.54, 1.807) is 17.6 Å². The van der Waals surface area contributed by atoms with Crippen LogP contribution in [0.2, 0.25) is 0 Å². The highest BCUT2D eigenvalue weighted by Gasteiger charge is 2.35. The summed E-state index contributed by atoms with van der Waals surface area (Å²) in [6.07, 6.45) is 3.95. The van der Waals surface area contributed by atoms with Crippen LogP contribution in [0.15, 0.2) is 136 Å². The monoisotopic (exact) mass is 473 g/mol. The van der Waals surface area contributed by atoms with E-state index < -0.39 is 0 Å². The first-order valence-electron chi connectivity index (χ1n) is 11.6. The highest BCUT2D eigenvalue weighted by molar-refractivity contribution is 7.11. The number of hydrogen-bond donors (Lipinski definition) is 0. The van der Waals surface area contributed by atoms with Crippen molar-refractivity contribution in [3.8, 4) is 0 Å². The Balaban J connectivity index is 1.65. The molecule has 0 N–H and O–H groups in total. The van der Waals surface area contributed by atoms with E-state index in [-0.39, 0.29) is 6.17 Å². The van der Waals surface area contributed by atoms with E-state index in [1.807, 2.05) is 42.6 Å². The SMILES string of the molecule is c1ccc(CC2=C(c3cccs3)C(c3ccco3)=NC(c3ccccn3)N2c2ccccc2)cc1. The van der Waals surface area contributed by atoms with Crippen LogP contribution in [0.4, 0.5) is 5.69 Å². The maximum Gasteiger partial charge on any atom is 0.169 e. The van der Waals surface area contributed by atoms with Gasteiger partial charge in [0.25, 0.3) is 0 Å². The molecule has 0 fully saturated rings. The van der Waals surface area contributed by atoms with E-state index in [0.29, 0.717) is 0 Å². The van der Waals surface area contributed by atoms with Crippen LogP contribution >= 0.6 is 11.3 Å². The van der Waals surface area contributed by atoms with Crippen LogP contribution in [0.25, 0.3) is 5.57 Å². The maximum absolute atomic E-state index is 5.93. The molecule has 0 aliphatic carbocycles. The summed E-state index contributed by atoms with van der Waals surface area (Å²) >= 11 is 1.72. The predicted octanol–water partition coefficient (Wildman–Crippen LogP) is 7.40. The van der Waals surface area contributed by atoms with Crippen molar-refractivity contribution in [1.82, 2.24) is 4.98 Å².